The van der Waals surface area contributed by atoms with Gasteiger partial charge in [-0.25, -0.2) is 4.79 Å². The summed E-state index contributed by atoms with van der Waals surface area (Å²) in [6, 6.07) is 0. The molecule has 1 N–H and O–H groups in total. The van der Waals surface area contributed by atoms with E-state index < -0.39 is 6.09 Å². The molecule has 1 unspecified atom stereocenters. The number of allylic oxidation sites excluding steroid dienone is 1. The Kier molecular flexibility index (Phi) is 2.47. The first kappa shape index (κ1) is 8.77. The zero-order chi connectivity index (χ0) is 9.14. The summed E-state index contributed by atoms with van der Waals surface area (Å²) in [6.07, 6.45) is 0.932. The zero-order valence-corrected chi connectivity index (χ0v) is 6.69. The lowest BCUT2D eigenvalue weighted by atomic mass is 10.0. The Bertz CT molecular complexity index is 224. The maximum atomic E-state index is 11.0. The van der Waals surface area contributed by atoms with Gasteiger partial charge in [-0.2, -0.15) is 0 Å². The van der Waals surface area contributed by atoms with Gasteiger partial charge in [0.2, 0.25) is 0 Å². The molecule has 1 atom stereocenters. The van der Waals surface area contributed by atoms with Gasteiger partial charge in [-0.15, -0.1) is 0 Å². The van der Waals surface area contributed by atoms with E-state index in [9.17, 15) is 9.59 Å². The monoisotopic (exact) mass is 169 g/mol. The molecule has 12 heavy (non-hydrogen) atoms. The second-order valence-electron chi connectivity index (χ2n) is 2.82. The first-order valence-electron chi connectivity index (χ1n) is 3.79. The lowest BCUT2D eigenvalue weighted by Crippen LogP contribution is -2.27. The fraction of sp³-hybridized carbons (Fsp3) is 0.500. The molecule has 4 heteroatoms. The number of ketones is 1. The van der Waals surface area contributed by atoms with Gasteiger partial charge < -0.3 is 10.0 Å². The smallest absolute Gasteiger partial charge is 0.407 e. The van der Waals surface area contributed by atoms with E-state index in [1.165, 1.54) is 11.0 Å². The maximum absolute atomic E-state index is 11.0. The highest BCUT2D eigenvalue weighted by Crippen LogP contribution is 2.17. The molecule has 1 amide bonds. The molecular weight excluding hydrogens is 158 g/mol. The molecule has 1 rings (SSSR count). The summed E-state index contributed by atoms with van der Waals surface area (Å²) >= 11 is 0. The van der Waals surface area contributed by atoms with Crippen molar-refractivity contribution in [2.75, 3.05) is 13.1 Å². The van der Waals surface area contributed by atoms with Crippen molar-refractivity contribution < 1.29 is 14.7 Å². The molecular formula is C8H11NO3. The normalized spacial score (nSPS) is 22.3. The van der Waals surface area contributed by atoms with Crippen molar-refractivity contribution in [1.29, 1.82) is 0 Å². The molecule has 0 aromatic heterocycles. The first-order chi connectivity index (χ1) is 5.65. The van der Waals surface area contributed by atoms with Crippen LogP contribution in [0.4, 0.5) is 4.79 Å². The van der Waals surface area contributed by atoms with Gasteiger partial charge in [-0.05, 0) is 12.5 Å². The Labute approximate surface area is 70.5 Å². The van der Waals surface area contributed by atoms with Crippen molar-refractivity contribution in [1.82, 2.24) is 4.90 Å². The molecule has 0 bridgehead atoms. The minimum atomic E-state index is -0.950. The summed E-state index contributed by atoms with van der Waals surface area (Å²) in [5.74, 6) is -0.225. The number of hydrogen-bond acceptors (Lipinski definition) is 2. The third kappa shape index (κ3) is 1.64. The van der Waals surface area contributed by atoms with Crippen molar-refractivity contribution in [2.45, 2.75) is 6.42 Å². The van der Waals surface area contributed by atoms with E-state index in [1.54, 1.807) is 0 Å². The molecule has 0 saturated carbocycles. The third-order valence-electron chi connectivity index (χ3n) is 2.06. The molecule has 1 aliphatic heterocycles. The minimum absolute atomic E-state index is 0.0567. The Morgan fingerprint density at radius 3 is 2.67 bits per heavy atom. The lowest BCUT2D eigenvalue weighted by Gasteiger charge is -2.09. The molecule has 4 nitrogen and oxygen atoms in total. The zero-order valence-electron chi connectivity index (χ0n) is 6.69. The highest BCUT2D eigenvalue weighted by atomic mass is 16.4. The van der Waals surface area contributed by atoms with Crippen LogP contribution < -0.4 is 0 Å². The average molecular weight is 169 g/mol. The molecule has 0 spiro atoms. The van der Waals surface area contributed by atoms with E-state index in [4.69, 9.17) is 5.11 Å². The predicted octanol–water partition coefficient (Wildman–Crippen LogP) is 0.741. The van der Waals surface area contributed by atoms with Gasteiger partial charge in [0.05, 0.1) is 0 Å². The summed E-state index contributed by atoms with van der Waals surface area (Å²) in [5, 5.41) is 8.57. The van der Waals surface area contributed by atoms with Gasteiger partial charge in [-0.1, -0.05) is 6.58 Å². The van der Waals surface area contributed by atoms with E-state index in [1.807, 2.05) is 0 Å². The van der Waals surface area contributed by atoms with Crippen LogP contribution in [0.3, 0.4) is 0 Å². The number of amides is 1. The van der Waals surface area contributed by atoms with Crippen LogP contribution in [0.2, 0.25) is 0 Å². The van der Waals surface area contributed by atoms with Crippen LogP contribution in [0.1, 0.15) is 6.42 Å². The van der Waals surface area contributed by atoms with Crippen LogP contribution in [-0.4, -0.2) is 35.0 Å². The summed E-state index contributed by atoms with van der Waals surface area (Å²) < 4.78 is 0. The summed E-state index contributed by atoms with van der Waals surface area (Å²) in [5.41, 5.74) is 0. The Morgan fingerprint density at radius 1 is 1.58 bits per heavy atom. The van der Waals surface area contributed by atoms with Crippen LogP contribution in [0.25, 0.3) is 0 Å². The molecule has 1 heterocycles. The van der Waals surface area contributed by atoms with Gasteiger partial charge in [0.15, 0.2) is 5.78 Å². The van der Waals surface area contributed by atoms with Gasteiger partial charge >= 0.3 is 6.09 Å². The van der Waals surface area contributed by atoms with Gasteiger partial charge in [-0.3, -0.25) is 4.79 Å². The number of likely N-dealkylation sites (tertiary alicyclic amines) is 1. The quantitative estimate of drug-likeness (QED) is 0.620. The Morgan fingerprint density at radius 2 is 2.25 bits per heavy atom. The number of nitrogens with zero attached hydrogens (tertiary/aromatic N) is 1. The highest BCUT2D eigenvalue weighted by Gasteiger charge is 2.29. The predicted molar refractivity (Wildman–Crippen MR) is 42.9 cm³/mol. The second-order valence-corrected chi connectivity index (χ2v) is 2.82. The number of carbonyl (C=O) groups is 2. The average Bonchev–Trinajstić information content (AvgIpc) is 2.51. The van der Waals surface area contributed by atoms with Crippen molar-refractivity contribution >= 4 is 11.9 Å². The van der Waals surface area contributed by atoms with Crippen LogP contribution in [-0.2, 0) is 4.79 Å². The molecule has 66 valence electrons. The Hall–Kier alpha value is -1.32. The van der Waals surface area contributed by atoms with E-state index in [2.05, 4.69) is 6.58 Å². The van der Waals surface area contributed by atoms with Crippen molar-refractivity contribution in [3.05, 3.63) is 12.7 Å². The number of rotatable bonds is 2. The minimum Gasteiger partial charge on any atom is -0.465 e. The van der Waals surface area contributed by atoms with Crippen molar-refractivity contribution in [3.63, 3.8) is 0 Å². The second kappa shape index (κ2) is 3.38. The van der Waals surface area contributed by atoms with E-state index in [0.29, 0.717) is 19.5 Å². The fourth-order valence-electron chi connectivity index (χ4n) is 1.33. The first-order valence-corrected chi connectivity index (χ1v) is 3.79. The van der Waals surface area contributed by atoms with Crippen molar-refractivity contribution in [2.24, 2.45) is 5.92 Å². The molecule has 1 saturated heterocycles. The summed E-state index contributed by atoms with van der Waals surface area (Å²) in [4.78, 5) is 22.7. The molecule has 0 aliphatic carbocycles. The topological polar surface area (TPSA) is 57.6 Å². The van der Waals surface area contributed by atoms with E-state index in [0.717, 1.165) is 0 Å². The third-order valence-corrected chi connectivity index (χ3v) is 2.06. The number of carboxylic acid groups (broad SMARTS) is 1. The fourth-order valence-corrected chi connectivity index (χ4v) is 1.33. The van der Waals surface area contributed by atoms with Crippen LogP contribution in [0.5, 0.6) is 0 Å². The Balaban J connectivity index is 2.50. The van der Waals surface area contributed by atoms with Gasteiger partial charge in [0.25, 0.3) is 0 Å². The number of carbonyl (C=O) groups excluding carboxylic acids is 1. The van der Waals surface area contributed by atoms with Crippen LogP contribution in [0, 0.1) is 5.92 Å². The largest absolute Gasteiger partial charge is 0.465 e. The lowest BCUT2D eigenvalue weighted by molar-refractivity contribution is -0.117. The van der Waals surface area contributed by atoms with E-state index >= 15 is 0 Å². The molecule has 0 aromatic rings. The molecule has 0 radical (unpaired) electrons. The van der Waals surface area contributed by atoms with Crippen LogP contribution in [0.15, 0.2) is 12.7 Å². The maximum Gasteiger partial charge on any atom is 0.407 e. The van der Waals surface area contributed by atoms with E-state index in [-0.39, 0.29) is 11.7 Å². The molecule has 1 fully saturated rings. The van der Waals surface area contributed by atoms with Gasteiger partial charge in [0, 0.05) is 19.0 Å². The SMILES string of the molecule is C=CC(=O)C1CCN(C(=O)O)C1. The van der Waals surface area contributed by atoms with Gasteiger partial charge in [0.1, 0.15) is 0 Å². The summed E-state index contributed by atoms with van der Waals surface area (Å²) in [6.45, 7) is 4.14. The number of hydrogen-bond donors (Lipinski definition) is 1. The van der Waals surface area contributed by atoms with Crippen molar-refractivity contribution in [3.8, 4) is 0 Å². The molecule has 0 aromatic carbocycles. The summed E-state index contributed by atoms with van der Waals surface area (Å²) in [7, 11) is 0. The highest BCUT2D eigenvalue weighted by molar-refractivity contribution is 5.92. The van der Waals surface area contributed by atoms with Crippen LogP contribution >= 0.6 is 0 Å². The standard InChI is InChI=1S/C8H11NO3/c1-2-7(10)6-3-4-9(5-6)8(11)12/h2,6H,1,3-5H2,(H,11,12). The molecule has 1 aliphatic rings.